The summed E-state index contributed by atoms with van der Waals surface area (Å²) in [5, 5.41) is 0. The molecular weight excluding hydrogens is 1200 g/mol. The lowest BCUT2D eigenvalue weighted by molar-refractivity contribution is -0.296. The van der Waals surface area contributed by atoms with Crippen LogP contribution in [-0.4, -0.2) is 97.0 Å². The molecular formula is C77H103O15P. The van der Waals surface area contributed by atoms with Crippen LogP contribution in [0.4, 0.5) is 0 Å². The molecule has 0 N–H and O–H groups in total. The Morgan fingerprint density at radius 2 is 0.720 bits per heavy atom. The fourth-order valence-electron chi connectivity index (χ4n) is 10.9. The second kappa shape index (κ2) is 45.5. The third kappa shape index (κ3) is 29.0. The number of hydrogen-bond donors (Lipinski definition) is 0. The van der Waals surface area contributed by atoms with E-state index in [2.05, 4.69) is 13.2 Å². The monoisotopic (exact) mass is 1300 g/mol. The summed E-state index contributed by atoms with van der Waals surface area (Å²) in [7, 11) is -1.50. The van der Waals surface area contributed by atoms with Crippen LogP contribution in [0.3, 0.4) is 0 Å². The van der Waals surface area contributed by atoms with E-state index >= 15 is 4.57 Å². The van der Waals surface area contributed by atoms with Crippen molar-refractivity contribution < 1.29 is 70.2 Å². The molecule has 0 amide bonds. The van der Waals surface area contributed by atoms with Crippen molar-refractivity contribution in [3.63, 3.8) is 0 Å². The zero-order chi connectivity index (χ0) is 65.1. The lowest BCUT2D eigenvalue weighted by Crippen LogP contribution is -2.67. The average molecular weight is 1300 g/mol. The quantitative estimate of drug-likeness (QED) is 0.0154. The molecule has 0 aromatic heterocycles. The Hall–Kier alpha value is -5.85. The highest BCUT2D eigenvalue weighted by molar-refractivity contribution is 7.48. The summed E-state index contributed by atoms with van der Waals surface area (Å²) in [5.41, 5.74) is 5.18. The number of unbranched alkanes of at least 4 members (excludes halogenated alkanes) is 14. The van der Waals surface area contributed by atoms with Crippen LogP contribution in [0.25, 0.3) is 0 Å². The van der Waals surface area contributed by atoms with Gasteiger partial charge in [-0.3, -0.25) is 13.6 Å². The van der Waals surface area contributed by atoms with Crippen LogP contribution in [0.1, 0.15) is 136 Å². The van der Waals surface area contributed by atoms with Crippen LogP contribution in [-0.2, 0) is 100 Å². The zero-order valence-electron chi connectivity index (χ0n) is 55.1. The fourth-order valence-corrected chi connectivity index (χ4v) is 12.3. The van der Waals surface area contributed by atoms with Gasteiger partial charge in [-0.15, -0.1) is 13.2 Å². The van der Waals surface area contributed by atoms with Gasteiger partial charge in [0.25, 0.3) is 0 Å². The van der Waals surface area contributed by atoms with E-state index in [1.54, 1.807) is 14.2 Å². The molecule has 1 aliphatic rings. The Balaban J connectivity index is 1.26. The summed E-state index contributed by atoms with van der Waals surface area (Å²) in [6, 6.07) is 54.2. The smallest absolute Gasteiger partial charge is 0.475 e. The first kappa shape index (κ1) is 74.5. The molecule has 0 spiro atoms. The molecule has 1 saturated carbocycles. The van der Waals surface area contributed by atoms with Gasteiger partial charge in [0.05, 0.1) is 67.1 Å². The molecule has 506 valence electrons. The molecule has 1 aliphatic carbocycles. The first-order valence-corrected chi connectivity index (χ1v) is 35.0. The molecule has 15 nitrogen and oxygen atoms in total. The van der Waals surface area contributed by atoms with Gasteiger partial charge in [-0.05, 0) is 96.2 Å². The molecule has 0 heterocycles. The minimum atomic E-state index is -4.76. The number of phosphoric ester groups is 1. The molecule has 93 heavy (non-hydrogen) atoms. The van der Waals surface area contributed by atoms with Crippen molar-refractivity contribution >= 4 is 7.82 Å². The molecule has 16 heteroatoms. The molecule has 0 saturated heterocycles. The van der Waals surface area contributed by atoms with Crippen LogP contribution in [0.2, 0.25) is 0 Å². The van der Waals surface area contributed by atoms with Crippen LogP contribution in [0, 0.1) is 0 Å². The first-order chi connectivity index (χ1) is 45.9. The summed E-state index contributed by atoms with van der Waals surface area (Å²) in [6.07, 6.45) is 14.3. The number of ether oxygens (including phenoxy) is 11. The number of phosphoric acid groups is 1. The van der Waals surface area contributed by atoms with E-state index in [-0.39, 0.29) is 66.4 Å². The predicted molar refractivity (Wildman–Crippen MR) is 365 cm³/mol. The standard InChI is InChI=1S/C77H103O15P/c1-5-7-9-11-13-15-17-19-33-51-81-59-71(84-52-34-20-18-16-14-12-10-8-6-2)60-91-93(78,90-58-66-41-31-24-32-42-66)92-77-75(88-61-82-53-63-35-25-21-26-36-63)73(85-55-65-39-29-23-30-40-65)72(86-56-67-43-47-69(79-3)48-44-67)74(87-57-68-45-49-70(80-4)50-46-68)76(77)89-62-83-54-64-37-27-22-28-38-64/h5-6,21-32,35-50,71-77H,1-2,7-20,33-34,51-62H2,3-4H3/t71-,72-,73-,74+,75-,76-,77-,93?/m1/s1. The normalized spacial score (nSPS) is 18.2. The van der Waals surface area contributed by atoms with Crippen molar-refractivity contribution in [2.75, 3.05) is 54.2 Å². The molecule has 0 aliphatic heterocycles. The number of methoxy groups -OCH3 is 2. The van der Waals surface area contributed by atoms with Gasteiger partial charge in [0, 0.05) is 13.2 Å². The summed E-state index contributed by atoms with van der Waals surface area (Å²) in [4.78, 5) is 0. The molecule has 0 radical (unpaired) electrons. The van der Waals surface area contributed by atoms with Gasteiger partial charge in [-0.25, -0.2) is 4.57 Å². The number of allylic oxidation sites excluding steroid dienone is 2. The molecule has 8 atom stereocenters. The Morgan fingerprint density at radius 1 is 0.366 bits per heavy atom. The second-order valence-corrected chi connectivity index (χ2v) is 25.0. The molecule has 6 aromatic rings. The van der Waals surface area contributed by atoms with Crippen LogP contribution in [0.5, 0.6) is 11.5 Å². The van der Waals surface area contributed by atoms with Gasteiger partial charge < -0.3 is 52.1 Å². The van der Waals surface area contributed by atoms with E-state index in [9.17, 15) is 0 Å². The van der Waals surface area contributed by atoms with Crippen molar-refractivity contribution in [1.29, 1.82) is 0 Å². The molecule has 7 rings (SSSR count). The van der Waals surface area contributed by atoms with Crippen LogP contribution in [0.15, 0.2) is 195 Å². The van der Waals surface area contributed by atoms with Crippen LogP contribution >= 0.6 is 7.82 Å². The predicted octanol–water partition coefficient (Wildman–Crippen LogP) is 17.6. The maximum Gasteiger partial charge on any atom is 0.475 e. The van der Waals surface area contributed by atoms with Crippen molar-refractivity contribution in [3.8, 4) is 11.5 Å². The Labute approximate surface area is 554 Å². The van der Waals surface area contributed by atoms with Crippen molar-refractivity contribution in [2.45, 2.75) is 185 Å². The third-order valence-corrected chi connectivity index (χ3v) is 17.6. The minimum Gasteiger partial charge on any atom is -0.497 e. The van der Waals surface area contributed by atoms with Gasteiger partial charge >= 0.3 is 7.82 Å². The highest BCUT2D eigenvalue weighted by Crippen LogP contribution is 2.54. The van der Waals surface area contributed by atoms with Gasteiger partial charge in [-0.2, -0.15) is 0 Å². The van der Waals surface area contributed by atoms with Crippen molar-refractivity contribution in [3.05, 3.63) is 229 Å². The number of rotatable bonds is 52. The number of benzene rings is 6. The number of hydrogen-bond acceptors (Lipinski definition) is 15. The largest absolute Gasteiger partial charge is 0.497 e. The average Bonchev–Trinajstić information content (AvgIpc) is 0.774. The molecule has 0 bridgehead atoms. The first-order valence-electron chi connectivity index (χ1n) is 33.5. The highest BCUT2D eigenvalue weighted by Gasteiger charge is 2.57. The molecule has 1 fully saturated rings. The van der Waals surface area contributed by atoms with Gasteiger partial charge in [0.1, 0.15) is 67.8 Å². The summed E-state index contributed by atoms with van der Waals surface area (Å²) in [6.45, 7) is 8.86. The summed E-state index contributed by atoms with van der Waals surface area (Å²) < 4.78 is 109. The third-order valence-electron chi connectivity index (χ3n) is 16.2. The Kier molecular flexibility index (Phi) is 36.5. The van der Waals surface area contributed by atoms with E-state index in [1.807, 2.05) is 182 Å². The van der Waals surface area contributed by atoms with E-state index in [1.165, 1.54) is 44.9 Å². The van der Waals surface area contributed by atoms with E-state index < -0.39 is 50.6 Å². The maximum atomic E-state index is 16.4. The van der Waals surface area contributed by atoms with Crippen molar-refractivity contribution in [1.82, 2.24) is 0 Å². The van der Waals surface area contributed by atoms with Gasteiger partial charge in [0.15, 0.2) is 0 Å². The summed E-state index contributed by atoms with van der Waals surface area (Å²) in [5.74, 6) is 1.39. The van der Waals surface area contributed by atoms with Crippen molar-refractivity contribution in [2.24, 2.45) is 0 Å². The zero-order valence-corrected chi connectivity index (χ0v) is 56.0. The topological polar surface area (TPSA) is 146 Å². The second-order valence-electron chi connectivity index (χ2n) is 23.4. The fraction of sp³-hybridized carbons (Fsp3) is 0.481. The Bertz CT molecular complexity index is 2890. The minimum absolute atomic E-state index is 0.0785. The summed E-state index contributed by atoms with van der Waals surface area (Å²) >= 11 is 0. The molecule has 1 unspecified atom stereocenters. The SMILES string of the molecule is C=CCCCCCCCCCOC[C@H](COP(=O)(OCc1ccccc1)O[C@@H]1[C@H](OCOCc2ccccc2)[C@H](OCc2ccccc2)[C@@H](OCc2ccc(OC)cc2)[C@H](OCc2ccc(OC)cc2)[C@H]1OCOCc1ccccc1)OCCCCCCCCCC=C. The van der Waals surface area contributed by atoms with E-state index in [4.69, 9.17) is 65.7 Å². The lowest BCUT2D eigenvalue weighted by Gasteiger charge is -2.49. The van der Waals surface area contributed by atoms with E-state index in [0.29, 0.717) is 24.7 Å². The maximum absolute atomic E-state index is 16.4. The highest BCUT2D eigenvalue weighted by atomic mass is 31.2. The van der Waals surface area contributed by atoms with Crippen LogP contribution < -0.4 is 9.47 Å². The van der Waals surface area contributed by atoms with Gasteiger partial charge in [-0.1, -0.05) is 222 Å². The lowest BCUT2D eigenvalue weighted by atomic mass is 9.83. The van der Waals surface area contributed by atoms with E-state index in [0.717, 1.165) is 91.2 Å². The Morgan fingerprint density at radius 3 is 1.13 bits per heavy atom. The molecule has 6 aromatic carbocycles. The van der Waals surface area contributed by atoms with Gasteiger partial charge in [0.2, 0.25) is 0 Å².